The molecule has 1 aliphatic heterocycles. The molecule has 102 valence electrons. The first-order valence-electron chi connectivity index (χ1n) is 6.01. The number of halogens is 1. The first kappa shape index (κ1) is 14.3. The summed E-state index contributed by atoms with van der Waals surface area (Å²) >= 11 is 0. The van der Waals surface area contributed by atoms with Crippen molar-refractivity contribution >= 4 is 19.7 Å². The fourth-order valence-corrected chi connectivity index (χ4v) is 4.14. The zero-order valence-electron chi connectivity index (χ0n) is 10.3. The summed E-state index contributed by atoms with van der Waals surface area (Å²) in [6, 6.07) is 9.30. The van der Waals surface area contributed by atoms with Crippen molar-refractivity contribution < 1.29 is 13.2 Å². The second-order valence-electron chi connectivity index (χ2n) is 4.61. The summed E-state index contributed by atoms with van der Waals surface area (Å²) in [7, 11) is 1.89. The lowest BCUT2D eigenvalue weighted by Crippen LogP contribution is -2.37. The van der Waals surface area contributed by atoms with E-state index in [4.69, 9.17) is 20.7 Å². The predicted molar refractivity (Wildman–Crippen MR) is 72.3 cm³/mol. The van der Waals surface area contributed by atoms with Gasteiger partial charge in [-0.25, -0.2) is 8.42 Å². The summed E-state index contributed by atoms with van der Waals surface area (Å²) in [4.78, 5) is 0. The first-order valence-corrected chi connectivity index (χ1v) is 8.39. The Hall–Kier alpha value is -1.09. The highest BCUT2D eigenvalue weighted by Crippen LogP contribution is 2.28. The monoisotopic (exact) mass is 299 g/mol. The standard InChI is InChI=1S/C13H14ClNO3S/c14-19(16,17)13-5-6-18-9-12(13)7-10-3-1-2-4-11(10)8-15/h1-4,12-13H,5-7,9H2/t12-,13-/m0/s1. The van der Waals surface area contributed by atoms with Crippen LogP contribution < -0.4 is 0 Å². The Kier molecular flexibility index (Phi) is 4.46. The Morgan fingerprint density at radius 1 is 1.42 bits per heavy atom. The lowest BCUT2D eigenvalue weighted by Gasteiger charge is -2.29. The van der Waals surface area contributed by atoms with Gasteiger partial charge in [-0.15, -0.1) is 0 Å². The Morgan fingerprint density at radius 2 is 2.16 bits per heavy atom. The third kappa shape index (κ3) is 3.47. The largest absolute Gasteiger partial charge is 0.381 e. The van der Waals surface area contributed by atoms with E-state index in [1.165, 1.54) is 0 Å². The summed E-state index contributed by atoms with van der Waals surface area (Å²) in [5, 5.41) is 8.45. The first-order chi connectivity index (χ1) is 9.02. The van der Waals surface area contributed by atoms with Gasteiger partial charge >= 0.3 is 0 Å². The SMILES string of the molecule is N#Cc1ccccc1C[C@H]1COCC[C@@H]1S(=O)(=O)Cl. The number of benzene rings is 1. The van der Waals surface area contributed by atoms with Gasteiger partial charge in [0.05, 0.1) is 23.5 Å². The maximum Gasteiger partial charge on any atom is 0.235 e. The third-order valence-corrected chi connectivity index (χ3v) is 5.42. The summed E-state index contributed by atoms with van der Waals surface area (Å²) in [5.41, 5.74) is 1.41. The van der Waals surface area contributed by atoms with Crippen molar-refractivity contribution in [3.8, 4) is 6.07 Å². The Labute approximate surface area is 117 Å². The van der Waals surface area contributed by atoms with E-state index in [2.05, 4.69) is 6.07 Å². The topological polar surface area (TPSA) is 67.2 Å². The third-order valence-electron chi connectivity index (χ3n) is 3.39. The van der Waals surface area contributed by atoms with Crippen molar-refractivity contribution in [3.63, 3.8) is 0 Å². The highest BCUT2D eigenvalue weighted by atomic mass is 35.7. The molecule has 0 bridgehead atoms. The summed E-state index contributed by atoms with van der Waals surface area (Å²) in [6.45, 7) is 0.767. The number of rotatable bonds is 3. The lowest BCUT2D eigenvalue weighted by atomic mass is 9.91. The van der Waals surface area contributed by atoms with Gasteiger partial charge in [0, 0.05) is 23.2 Å². The van der Waals surface area contributed by atoms with E-state index in [0.29, 0.717) is 31.6 Å². The minimum Gasteiger partial charge on any atom is -0.381 e. The smallest absolute Gasteiger partial charge is 0.235 e. The van der Waals surface area contributed by atoms with E-state index in [0.717, 1.165) is 5.56 Å². The van der Waals surface area contributed by atoms with E-state index in [9.17, 15) is 8.42 Å². The molecule has 0 aliphatic carbocycles. The van der Waals surface area contributed by atoms with Crippen molar-refractivity contribution in [1.29, 1.82) is 5.26 Å². The van der Waals surface area contributed by atoms with Crippen LogP contribution in [0.2, 0.25) is 0 Å². The van der Waals surface area contributed by atoms with Gasteiger partial charge in [-0.1, -0.05) is 18.2 Å². The normalized spacial score (nSPS) is 23.8. The van der Waals surface area contributed by atoms with Crippen LogP contribution in [-0.2, 0) is 20.2 Å². The number of nitrogens with zero attached hydrogens (tertiary/aromatic N) is 1. The molecular weight excluding hydrogens is 286 g/mol. The minimum absolute atomic E-state index is 0.203. The van der Waals surface area contributed by atoms with Crippen LogP contribution in [0.1, 0.15) is 17.5 Å². The van der Waals surface area contributed by atoms with E-state index < -0.39 is 14.3 Å². The minimum atomic E-state index is -3.61. The fourth-order valence-electron chi connectivity index (χ4n) is 2.43. The molecule has 2 atom stereocenters. The van der Waals surface area contributed by atoms with Crippen LogP contribution >= 0.6 is 10.7 Å². The molecule has 0 N–H and O–H groups in total. The molecule has 0 saturated carbocycles. The molecule has 0 spiro atoms. The molecule has 1 aliphatic rings. The van der Waals surface area contributed by atoms with Gasteiger partial charge in [0.1, 0.15) is 0 Å². The fraction of sp³-hybridized carbons (Fsp3) is 0.462. The molecule has 0 unspecified atom stereocenters. The summed E-state index contributed by atoms with van der Waals surface area (Å²) < 4.78 is 28.5. The number of nitriles is 1. The van der Waals surface area contributed by atoms with E-state index in [-0.39, 0.29) is 5.92 Å². The molecule has 0 aromatic heterocycles. The molecule has 1 aromatic carbocycles. The molecule has 2 rings (SSSR count). The van der Waals surface area contributed by atoms with Crippen molar-refractivity contribution in [2.45, 2.75) is 18.1 Å². The number of hydrogen-bond acceptors (Lipinski definition) is 4. The van der Waals surface area contributed by atoms with Crippen LogP contribution in [0.3, 0.4) is 0 Å². The van der Waals surface area contributed by atoms with Gasteiger partial charge in [-0.3, -0.25) is 0 Å². The predicted octanol–water partition coefficient (Wildman–Crippen LogP) is 2.07. The number of ether oxygens (including phenoxy) is 1. The second kappa shape index (κ2) is 5.91. The average Bonchev–Trinajstić information content (AvgIpc) is 2.39. The van der Waals surface area contributed by atoms with Gasteiger partial charge in [0.2, 0.25) is 9.05 Å². The molecule has 1 heterocycles. The molecule has 0 radical (unpaired) electrons. The van der Waals surface area contributed by atoms with Gasteiger partial charge < -0.3 is 4.74 Å². The Balaban J connectivity index is 2.23. The van der Waals surface area contributed by atoms with Crippen LogP contribution in [-0.4, -0.2) is 26.9 Å². The zero-order chi connectivity index (χ0) is 13.9. The molecule has 6 heteroatoms. The van der Waals surface area contributed by atoms with Crippen molar-refractivity contribution in [1.82, 2.24) is 0 Å². The molecule has 1 saturated heterocycles. The molecule has 19 heavy (non-hydrogen) atoms. The van der Waals surface area contributed by atoms with Crippen molar-refractivity contribution in [2.24, 2.45) is 5.92 Å². The summed E-state index contributed by atoms with van der Waals surface area (Å²) in [6.07, 6.45) is 0.894. The molecular formula is C13H14ClNO3S. The van der Waals surface area contributed by atoms with Crippen LogP contribution in [0.25, 0.3) is 0 Å². The molecule has 0 amide bonds. The van der Waals surface area contributed by atoms with Crippen LogP contribution in [0.15, 0.2) is 24.3 Å². The zero-order valence-corrected chi connectivity index (χ0v) is 11.8. The van der Waals surface area contributed by atoms with E-state index in [1.54, 1.807) is 12.1 Å². The molecule has 1 fully saturated rings. The van der Waals surface area contributed by atoms with Crippen molar-refractivity contribution in [3.05, 3.63) is 35.4 Å². The van der Waals surface area contributed by atoms with Gasteiger partial charge in [-0.05, 0) is 24.5 Å². The maximum atomic E-state index is 11.6. The van der Waals surface area contributed by atoms with Gasteiger partial charge in [0.15, 0.2) is 0 Å². The average molecular weight is 300 g/mol. The van der Waals surface area contributed by atoms with E-state index in [1.807, 2.05) is 12.1 Å². The van der Waals surface area contributed by atoms with Crippen molar-refractivity contribution in [2.75, 3.05) is 13.2 Å². The Bertz CT molecular complexity index is 594. The quantitative estimate of drug-likeness (QED) is 0.801. The highest BCUT2D eigenvalue weighted by Gasteiger charge is 2.35. The second-order valence-corrected chi connectivity index (χ2v) is 7.46. The van der Waals surface area contributed by atoms with Gasteiger partial charge in [-0.2, -0.15) is 5.26 Å². The van der Waals surface area contributed by atoms with E-state index >= 15 is 0 Å². The maximum absolute atomic E-state index is 11.6. The van der Waals surface area contributed by atoms with Crippen LogP contribution in [0.4, 0.5) is 0 Å². The number of hydrogen-bond donors (Lipinski definition) is 0. The van der Waals surface area contributed by atoms with Crippen LogP contribution in [0, 0.1) is 17.2 Å². The molecule has 1 aromatic rings. The lowest BCUT2D eigenvalue weighted by molar-refractivity contribution is 0.0577. The van der Waals surface area contributed by atoms with Gasteiger partial charge in [0.25, 0.3) is 0 Å². The Morgan fingerprint density at radius 3 is 2.84 bits per heavy atom. The molecule has 4 nitrogen and oxygen atoms in total. The van der Waals surface area contributed by atoms with Crippen LogP contribution in [0.5, 0.6) is 0 Å². The summed E-state index contributed by atoms with van der Waals surface area (Å²) in [5.74, 6) is -0.203. The highest BCUT2D eigenvalue weighted by molar-refractivity contribution is 8.14.